The van der Waals surface area contributed by atoms with Crippen molar-refractivity contribution < 1.29 is 18.5 Å². The zero-order valence-electron chi connectivity index (χ0n) is 32.3. The number of hydrogen-bond acceptors (Lipinski definition) is 7. The third-order valence-corrected chi connectivity index (χ3v) is 14.4. The van der Waals surface area contributed by atoms with E-state index in [1.165, 1.54) is 16.8 Å². The number of aryl methyl sites for hydroxylation is 1. The number of nitrogens with zero attached hydrogens (tertiary/aromatic N) is 3. The zero-order chi connectivity index (χ0) is 37.8. The fraction of sp³-hybridized carbons (Fsp3) is 0.523. The molecule has 7 atom stereocenters. The van der Waals surface area contributed by atoms with Gasteiger partial charge in [0, 0.05) is 75.1 Å². The first-order valence-corrected chi connectivity index (χ1v) is 21.5. The minimum absolute atomic E-state index is 0.0924. The van der Waals surface area contributed by atoms with Gasteiger partial charge < -0.3 is 19.3 Å². The summed E-state index contributed by atoms with van der Waals surface area (Å²) in [6.45, 7) is 13.1. The number of methoxy groups -OCH3 is 1. The Balaban J connectivity index is 1.22. The van der Waals surface area contributed by atoms with E-state index in [1.807, 2.05) is 32.2 Å². The third-order valence-electron chi connectivity index (χ3n) is 12.6. The molecule has 3 heterocycles. The van der Waals surface area contributed by atoms with Crippen LogP contribution in [0.3, 0.4) is 0 Å². The average Bonchev–Trinajstić information content (AvgIpc) is 3.35. The predicted molar refractivity (Wildman–Crippen MR) is 221 cm³/mol. The molecule has 3 aliphatic heterocycles. The summed E-state index contributed by atoms with van der Waals surface area (Å²) in [5.74, 6) is 1.34. The molecule has 290 valence electrons. The molecular formula is C44H57ClN4O4S. The lowest BCUT2D eigenvalue weighted by molar-refractivity contribution is -0.0919. The van der Waals surface area contributed by atoms with E-state index in [-0.39, 0.29) is 23.0 Å². The Kier molecular flexibility index (Phi) is 12.4. The Morgan fingerprint density at radius 3 is 2.50 bits per heavy atom. The van der Waals surface area contributed by atoms with Crippen LogP contribution in [0.5, 0.6) is 5.75 Å². The number of carbonyl (C=O) groups is 1. The van der Waals surface area contributed by atoms with Gasteiger partial charge in [-0.1, -0.05) is 68.3 Å². The van der Waals surface area contributed by atoms with Gasteiger partial charge >= 0.3 is 0 Å². The normalized spacial score (nSPS) is 30.0. The summed E-state index contributed by atoms with van der Waals surface area (Å²) in [5, 5.41) is 0.522. The number of rotatable bonds is 7. The molecule has 3 aromatic rings. The first-order valence-electron chi connectivity index (χ1n) is 19.9. The highest BCUT2D eigenvalue weighted by Crippen LogP contribution is 2.47. The van der Waals surface area contributed by atoms with Crippen LogP contribution in [-0.4, -0.2) is 85.4 Å². The Morgan fingerprint density at radius 2 is 1.78 bits per heavy atom. The number of fused-ring (bicyclic) bond motifs is 2. The van der Waals surface area contributed by atoms with Crippen molar-refractivity contribution in [3.8, 4) is 5.75 Å². The van der Waals surface area contributed by atoms with Gasteiger partial charge in [-0.2, -0.15) is 0 Å². The van der Waals surface area contributed by atoms with Crippen LogP contribution in [0.1, 0.15) is 73.9 Å². The Bertz CT molecular complexity index is 1820. The van der Waals surface area contributed by atoms with Gasteiger partial charge in [0.05, 0.1) is 17.5 Å². The average molecular weight is 773 g/mol. The molecule has 1 amide bonds. The SMILES string of the molecule is CCCc1cc(Cl)ccc1C1COc2ccc3cc2N(C1)CC1CCC1C(CN1CCN(c2ccccc2)CC1)(OC)/C=C/CC(C)C(C)S(=O)NC3=O. The fourth-order valence-corrected chi connectivity index (χ4v) is 10.2. The van der Waals surface area contributed by atoms with Crippen LogP contribution >= 0.6 is 11.6 Å². The molecule has 1 aliphatic carbocycles. The van der Waals surface area contributed by atoms with Crippen molar-refractivity contribution in [3.63, 3.8) is 0 Å². The second-order valence-electron chi connectivity index (χ2n) is 15.9. The van der Waals surface area contributed by atoms with Crippen molar-refractivity contribution in [2.75, 3.05) is 69.3 Å². The van der Waals surface area contributed by atoms with Crippen molar-refractivity contribution in [1.82, 2.24) is 9.62 Å². The van der Waals surface area contributed by atoms with E-state index >= 15 is 0 Å². The highest BCUT2D eigenvalue weighted by atomic mass is 35.5. The van der Waals surface area contributed by atoms with E-state index in [4.69, 9.17) is 21.1 Å². The topological polar surface area (TPSA) is 74.3 Å². The Hall–Kier alpha value is -3.37. The van der Waals surface area contributed by atoms with Crippen molar-refractivity contribution >= 4 is 39.9 Å². The van der Waals surface area contributed by atoms with E-state index < -0.39 is 16.6 Å². The summed E-state index contributed by atoms with van der Waals surface area (Å²) in [7, 11) is 0.340. The van der Waals surface area contributed by atoms with Crippen LogP contribution in [-0.2, 0) is 22.1 Å². The highest BCUT2D eigenvalue weighted by molar-refractivity contribution is 7.84. The quantitative estimate of drug-likeness (QED) is 0.245. The van der Waals surface area contributed by atoms with Gasteiger partial charge in [0.1, 0.15) is 22.3 Å². The lowest BCUT2D eigenvalue weighted by Gasteiger charge is -2.52. The molecular weight excluding hydrogens is 716 g/mol. The van der Waals surface area contributed by atoms with Crippen LogP contribution in [0.2, 0.25) is 5.02 Å². The van der Waals surface area contributed by atoms with Gasteiger partial charge in [0.25, 0.3) is 5.91 Å². The van der Waals surface area contributed by atoms with Crippen molar-refractivity contribution in [3.05, 3.63) is 101 Å². The van der Waals surface area contributed by atoms with Crippen LogP contribution in [0.25, 0.3) is 0 Å². The number of hydrogen-bond donors (Lipinski definition) is 1. The maximum atomic E-state index is 13.6. The number of ether oxygens (including phenoxy) is 2. The molecule has 2 bridgehead atoms. The van der Waals surface area contributed by atoms with E-state index in [2.05, 4.69) is 87.9 Å². The van der Waals surface area contributed by atoms with Crippen LogP contribution in [0.15, 0.2) is 78.9 Å². The van der Waals surface area contributed by atoms with Gasteiger partial charge in [-0.25, -0.2) is 4.21 Å². The largest absolute Gasteiger partial charge is 0.491 e. The molecule has 8 nitrogen and oxygen atoms in total. The summed E-state index contributed by atoms with van der Waals surface area (Å²) in [4.78, 5) is 21.1. The molecule has 7 unspecified atom stereocenters. The van der Waals surface area contributed by atoms with Gasteiger partial charge in [-0.15, -0.1) is 0 Å². The van der Waals surface area contributed by atoms with Crippen LogP contribution in [0.4, 0.5) is 11.4 Å². The molecule has 2 fully saturated rings. The zero-order valence-corrected chi connectivity index (χ0v) is 33.9. The molecule has 10 heteroatoms. The maximum absolute atomic E-state index is 13.6. The first kappa shape index (κ1) is 38.9. The Labute approximate surface area is 329 Å². The molecule has 4 aliphatic rings. The predicted octanol–water partition coefficient (Wildman–Crippen LogP) is 7.89. The van der Waals surface area contributed by atoms with Crippen LogP contribution < -0.4 is 19.3 Å². The maximum Gasteiger partial charge on any atom is 0.263 e. The van der Waals surface area contributed by atoms with E-state index in [9.17, 15) is 9.00 Å². The monoisotopic (exact) mass is 772 g/mol. The number of carbonyl (C=O) groups excluding carboxylic acids is 1. The standard InChI is InChI=1S/C44H57ClN4O4S/c1-5-10-33-25-37(45)16-17-39(33)36-28-49-27-35-14-18-40(35)44(52-4,30-47-21-23-48(24-22-47)38-12-7-6-8-13-38)20-9-11-31(2)32(3)54(51)46-43(50)34-15-19-42(53-29-36)41(49)26-34/h6-9,12-13,15-17,19-20,25-26,31-32,35-36,40H,5,10-11,14,18,21-24,27-30H2,1-4H3,(H,46,50)/b20-9+. The van der Waals surface area contributed by atoms with Gasteiger partial charge in [0.15, 0.2) is 0 Å². The third kappa shape index (κ3) is 8.40. The van der Waals surface area contributed by atoms with Gasteiger partial charge in [-0.05, 0) is 104 Å². The number of para-hydroxylation sites is 1. The molecule has 1 N–H and O–H groups in total. The number of benzene rings is 3. The van der Waals surface area contributed by atoms with E-state index in [0.29, 0.717) is 24.0 Å². The molecule has 7 rings (SSSR count). The molecule has 0 aromatic heterocycles. The van der Waals surface area contributed by atoms with Crippen molar-refractivity contribution in [2.24, 2.45) is 17.8 Å². The summed E-state index contributed by atoms with van der Waals surface area (Å²) in [6, 6.07) is 22.7. The number of nitrogens with one attached hydrogen (secondary N) is 1. The molecule has 54 heavy (non-hydrogen) atoms. The highest BCUT2D eigenvalue weighted by Gasteiger charge is 2.48. The first-order chi connectivity index (χ1) is 26.2. The van der Waals surface area contributed by atoms with E-state index in [1.54, 1.807) is 6.07 Å². The number of piperazine rings is 1. The van der Waals surface area contributed by atoms with Gasteiger partial charge in [0.2, 0.25) is 0 Å². The Morgan fingerprint density at radius 1 is 0.981 bits per heavy atom. The smallest absolute Gasteiger partial charge is 0.263 e. The molecule has 0 radical (unpaired) electrons. The summed E-state index contributed by atoms with van der Waals surface area (Å²) >= 11 is 6.51. The summed E-state index contributed by atoms with van der Waals surface area (Å²) in [6.07, 6.45) is 9.52. The lowest BCUT2D eigenvalue weighted by atomic mass is 9.63. The van der Waals surface area contributed by atoms with Crippen LogP contribution in [0, 0.1) is 17.8 Å². The fourth-order valence-electron chi connectivity index (χ4n) is 9.03. The number of halogens is 1. The van der Waals surface area contributed by atoms with Gasteiger partial charge in [-0.3, -0.25) is 14.4 Å². The summed E-state index contributed by atoms with van der Waals surface area (Å²) < 4.78 is 29.7. The summed E-state index contributed by atoms with van der Waals surface area (Å²) in [5.41, 5.74) is 4.75. The molecule has 3 aromatic carbocycles. The molecule has 1 saturated carbocycles. The second kappa shape index (κ2) is 17.2. The number of anilines is 2. The molecule has 0 spiro atoms. The number of allylic oxidation sites excluding steroid dienone is 1. The van der Waals surface area contributed by atoms with E-state index in [0.717, 1.165) is 94.4 Å². The molecule has 1 saturated heterocycles. The lowest BCUT2D eigenvalue weighted by Crippen LogP contribution is -2.58. The minimum Gasteiger partial charge on any atom is -0.491 e. The second-order valence-corrected chi connectivity index (χ2v) is 17.9. The van der Waals surface area contributed by atoms with Crippen molar-refractivity contribution in [1.29, 1.82) is 0 Å². The van der Waals surface area contributed by atoms with Crippen molar-refractivity contribution in [2.45, 2.75) is 69.6 Å². The number of amides is 1. The minimum atomic E-state index is -1.55.